The number of ether oxygens (including phenoxy) is 2. The van der Waals surface area contributed by atoms with Gasteiger partial charge in [0.05, 0.1) is 24.7 Å². The maximum absolute atomic E-state index is 12.7. The van der Waals surface area contributed by atoms with Crippen molar-refractivity contribution < 1.29 is 32.2 Å². The quantitative estimate of drug-likeness (QED) is 0.703. The summed E-state index contributed by atoms with van der Waals surface area (Å²) in [5, 5.41) is 0. The van der Waals surface area contributed by atoms with Crippen molar-refractivity contribution >= 4 is 12.0 Å². The lowest BCUT2D eigenvalue weighted by Crippen LogP contribution is -2.58. The Morgan fingerprint density at radius 3 is 2.25 bits per heavy atom. The second-order valence-electron chi connectivity index (χ2n) is 7.43. The molecule has 1 heterocycles. The Morgan fingerprint density at radius 2 is 1.79 bits per heavy atom. The molecule has 0 radical (unpaired) electrons. The van der Waals surface area contributed by atoms with Crippen molar-refractivity contribution in [1.82, 2.24) is 9.80 Å². The second-order valence-corrected chi connectivity index (χ2v) is 7.43. The second kappa shape index (κ2) is 8.81. The Morgan fingerprint density at radius 1 is 1.18 bits per heavy atom. The average molecular weight is 402 g/mol. The molecule has 0 spiro atoms. The molecule has 9 heteroatoms. The number of nitrogens with zero attached hydrogens (tertiary/aromatic N) is 2. The van der Waals surface area contributed by atoms with Gasteiger partial charge in [0.2, 0.25) is 0 Å². The van der Waals surface area contributed by atoms with E-state index in [1.165, 1.54) is 4.90 Å². The molecular formula is C19H25F3N2O4. The lowest BCUT2D eigenvalue weighted by molar-refractivity contribution is -0.191. The number of carbonyl (C=O) groups is 2. The van der Waals surface area contributed by atoms with E-state index in [-0.39, 0.29) is 39.0 Å². The third-order valence-electron chi connectivity index (χ3n) is 4.32. The lowest BCUT2D eigenvalue weighted by atomic mass is 9.84. The number of carbonyl (C=O) groups excluding carboxylic acids is 2. The molecule has 156 valence electrons. The molecule has 0 N–H and O–H groups in total. The number of alkyl halides is 3. The standard InChI is InChI=1S/C19H25F3N2O4/c1-14(2)28-17(26)24(9-15-7-5-4-6-8-15)11-18(12-27-13-18)10-23(3)16(25)19(20,21)22/h4-8,14H,9-13H2,1-3H3. The number of amides is 2. The van der Waals surface area contributed by atoms with Crippen molar-refractivity contribution in [3.8, 4) is 0 Å². The van der Waals surface area contributed by atoms with E-state index < -0.39 is 23.6 Å². The van der Waals surface area contributed by atoms with Crippen LogP contribution in [-0.4, -0.2) is 67.4 Å². The summed E-state index contributed by atoms with van der Waals surface area (Å²) >= 11 is 0. The van der Waals surface area contributed by atoms with Crippen LogP contribution in [0.1, 0.15) is 19.4 Å². The summed E-state index contributed by atoms with van der Waals surface area (Å²) < 4.78 is 48.6. The number of hydrogen-bond acceptors (Lipinski definition) is 4. The Kier molecular flexibility index (Phi) is 6.92. The zero-order valence-electron chi connectivity index (χ0n) is 16.2. The van der Waals surface area contributed by atoms with Gasteiger partial charge in [-0.05, 0) is 19.4 Å². The van der Waals surface area contributed by atoms with Crippen molar-refractivity contribution in [2.75, 3.05) is 33.4 Å². The average Bonchev–Trinajstić information content (AvgIpc) is 2.57. The zero-order valence-corrected chi connectivity index (χ0v) is 16.2. The highest BCUT2D eigenvalue weighted by Gasteiger charge is 2.47. The van der Waals surface area contributed by atoms with E-state index in [4.69, 9.17) is 9.47 Å². The van der Waals surface area contributed by atoms with Gasteiger partial charge in [-0.2, -0.15) is 13.2 Å². The Labute approximate surface area is 162 Å². The van der Waals surface area contributed by atoms with Crippen LogP contribution in [0.3, 0.4) is 0 Å². The maximum atomic E-state index is 12.7. The summed E-state index contributed by atoms with van der Waals surface area (Å²) in [4.78, 5) is 26.1. The minimum absolute atomic E-state index is 0.114. The van der Waals surface area contributed by atoms with Crippen LogP contribution in [0.5, 0.6) is 0 Å². The lowest BCUT2D eigenvalue weighted by Gasteiger charge is -2.46. The van der Waals surface area contributed by atoms with Crippen LogP contribution in [-0.2, 0) is 20.8 Å². The summed E-state index contributed by atoms with van der Waals surface area (Å²) in [6, 6.07) is 9.20. The van der Waals surface area contributed by atoms with Crippen molar-refractivity contribution in [3.63, 3.8) is 0 Å². The number of halogens is 3. The molecule has 1 aliphatic rings. The fourth-order valence-electron chi connectivity index (χ4n) is 3.08. The van der Waals surface area contributed by atoms with Gasteiger partial charge < -0.3 is 19.3 Å². The van der Waals surface area contributed by atoms with E-state index in [2.05, 4.69) is 0 Å². The van der Waals surface area contributed by atoms with Crippen LogP contribution in [0.4, 0.5) is 18.0 Å². The summed E-state index contributed by atoms with van der Waals surface area (Å²) in [7, 11) is 1.10. The van der Waals surface area contributed by atoms with Gasteiger partial charge in [-0.15, -0.1) is 0 Å². The van der Waals surface area contributed by atoms with E-state index in [0.717, 1.165) is 12.6 Å². The van der Waals surface area contributed by atoms with Crippen LogP contribution in [0.2, 0.25) is 0 Å². The van der Waals surface area contributed by atoms with E-state index in [1.54, 1.807) is 13.8 Å². The molecule has 0 unspecified atom stereocenters. The first kappa shape index (κ1) is 22.0. The monoisotopic (exact) mass is 402 g/mol. The van der Waals surface area contributed by atoms with E-state index >= 15 is 0 Å². The SMILES string of the molecule is CC(C)OC(=O)N(Cc1ccccc1)CC1(CN(C)C(=O)C(F)(F)F)COC1. The van der Waals surface area contributed by atoms with Crippen LogP contribution in [0, 0.1) is 5.41 Å². The summed E-state index contributed by atoms with van der Waals surface area (Å²) in [6.07, 6.45) is -5.84. The van der Waals surface area contributed by atoms with Gasteiger partial charge in [-0.3, -0.25) is 4.79 Å². The first-order valence-corrected chi connectivity index (χ1v) is 8.92. The molecule has 0 bridgehead atoms. The zero-order chi connectivity index (χ0) is 20.9. The molecule has 0 atom stereocenters. The van der Waals surface area contributed by atoms with Gasteiger partial charge in [0.1, 0.15) is 0 Å². The van der Waals surface area contributed by atoms with Gasteiger partial charge in [-0.25, -0.2) is 4.79 Å². The Hall–Kier alpha value is -2.29. The number of rotatable bonds is 7. The summed E-state index contributed by atoms with van der Waals surface area (Å²) in [6.45, 7) is 3.93. The van der Waals surface area contributed by atoms with E-state index in [1.807, 2.05) is 30.3 Å². The number of benzene rings is 1. The minimum atomic E-state index is -4.94. The molecular weight excluding hydrogens is 377 g/mol. The predicted molar refractivity (Wildman–Crippen MR) is 95.4 cm³/mol. The van der Waals surface area contributed by atoms with Crippen molar-refractivity contribution in [2.45, 2.75) is 32.7 Å². The van der Waals surface area contributed by atoms with Crippen LogP contribution >= 0.6 is 0 Å². The first-order chi connectivity index (χ1) is 13.0. The predicted octanol–water partition coefficient (Wildman–Crippen LogP) is 3.07. The van der Waals surface area contributed by atoms with Gasteiger partial charge >= 0.3 is 18.2 Å². The molecule has 28 heavy (non-hydrogen) atoms. The largest absolute Gasteiger partial charge is 0.471 e. The first-order valence-electron chi connectivity index (χ1n) is 8.92. The van der Waals surface area contributed by atoms with Gasteiger partial charge in [0, 0.05) is 26.7 Å². The highest BCUT2D eigenvalue weighted by atomic mass is 19.4. The fourth-order valence-corrected chi connectivity index (χ4v) is 3.08. The van der Waals surface area contributed by atoms with Gasteiger partial charge in [-0.1, -0.05) is 30.3 Å². The highest BCUT2D eigenvalue weighted by molar-refractivity contribution is 5.81. The van der Waals surface area contributed by atoms with E-state index in [9.17, 15) is 22.8 Å². The minimum Gasteiger partial charge on any atom is -0.447 e. The molecule has 1 aliphatic heterocycles. The molecule has 2 rings (SSSR count). The van der Waals surface area contributed by atoms with Crippen molar-refractivity contribution in [3.05, 3.63) is 35.9 Å². The topological polar surface area (TPSA) is 59.1 Å². The van der Waals surface area contributed by atoms with Crippen LogP contribution in [0.15, 0.2) is 30.3 Å². The maximum Gasteiger partial charge on any atom is 0.471 e. The molecule has 6 nitrogen and oxygen atoms in total. The highest BCUT2D eigenvalue weighted by Crippen LogP contribution is 2.32. The van der Waals surface area contributed by atoms with Gasteiger partial charge in [0.15, 0.2) is 0 Å². The smallest absolute Gasteiger partial charge is 0.447 e. The molecule has 1 fully saturated rings. The molecule has 2 amide bonds. The third-order valence-corrected chi connectivity index (χ3v) is 4.32. The van der Waals surface area contributed by atoms with Crippen molar-refractivity contribution in [2.24, 2.45) is 5.41 Å². The third kappa shape index (κ3) is 5.85. The van der Waals surface area contributed by atoms with Crippen LogP contribution < -0.4 is 0 Å². The van der Waals surface area contributed by atoms with Crippen LogP contribution in [0.25, 0.3) is 0 Å². The normalized spacial score (nSPS) is 15.7. The Bertz CT molecular complexity index is 676. The van der Waals surface area contributed by atoms with Crippen molar-refractivity contribution in [1.29, 1.82) is 0 Å². The summed E-state index contributed by atoms with van der Waals surface area (Å²) in [5.41, 5.74) is 0.0822. The fraction of sp³-hybridized carbons (Fsp3) is 0.579. The Balaban J connectivity index is 2.15. The molecule has 1 aromatic carbocycles. The number of hydrogen-bond donors (Lipinski definition) is 0. The molecule has 1 aromatic rings. The molecule has 0 aliphatic carbocycles. The van der Waals surface area contributed by atoms with Gasteiger partial charge in [0.25, 0.3) is 0 Å². The molecule has 0 saturated carbocycles. The van der Waals surface area contributed by atoms with E-state index in [0.29, 0.717) is 4.90 Å². The molecule has 0 aromatic heterocycles. The molecule has 1 saturated heterocycles. The summed E-state index contributed by atoms with van der Waals surface area (Å²) in [5.74, 6) is -1.92.